The van der Waals surface area contributed by atoms with Crippen molar-refractivity contribution in [2.75, 3.05) is 19.6 Å². The Morgan fingerprint density at radius 2 is 2.25 bits per heavy atom. The lowest BCUT2D eigenvalue weighted by Crippen LogP contribution is -2.32. The second-order valence-corrected chi connectivity index (χ2v) is 5.37. The Morgan fingerprint density at radius 3 is 2.95 bits per heavy atom. The summed E-state index contributed by atoms with van der Waals surface area (Å²) in [6.45, 7) is 3.46. The van der Waals surface area contributed by atoms with Gasteiger partial charge in [0, 0.05) is 30.2 Å². The fourth-order valence-electron chi connectivity index (χ4n) is 2.29. The SMILES string of the molecule is CC(=O)c1cc(Cl)cc(CN2CCCNC(=O)C2)c1O. The molecule has 1 aliphatic heterocycles. The first-order valence-electron chi connectivity index (χ1n) is 6.48. The highest BCUT2D eigenvalue weighted by Crippen LogP contribution is 2.28. The van der Waals surface area contributed by atoms with E-state index in [1.54, 1.807) is 6.07 Å². The molecule has 1 aromatic rings. The molecule has 2 rings (SSSR count). The molecule has 0 radical (unpaired) electrons. The lowest BCUT2D eigenvalue weighted by atomic mass is 10.1. The minimum atomic E-state index is -0.236. The Kier molecular flexibility index (Phi) is 4.62. The molecule has 0 bridgehead atoms. The molecule has 2 N–H and O–H groups in total. The van der Waals surface area contributed by atoms with Crippen molar-refractivity contribution in [3.8, 4) is 5.75 Å². The van der Waals surface area contributed by atoms with Crippen LogP contribution in [0.2, 0.25) is 5.02 Å². The first-order valence-corrected chi connectivity index (χ1v) is 6.86. The van der Waals surface area contributed by atoms with Gasteiger partial charge in [0.05, 0.1) is 12.1 Å². The lowest BCUT2D eigenvalue weighted by molar-refractivity contribution is -0.121. The molecule has 0 saturated carbocycles. The highest BCUT2D eigenvalue weighted by atomic mass is 35.5. The van der Waals surface area contributed by atoms with Gasteiger partial charge in [-0.05, 0) is 25.5 Å². The quantitative estimate of drug-likeness (QED) is 0.831. The molecule has 1 heterocycles. The number of phenolic OH excluding ortho intramolecular Hbond substituents is 1. The number of Topliss-reactive ketones (excluding diaryl/α,β-unsaturated/α-hetero) is 1. The number of halogens is 1. The summed E-state index contributed by atoms with van der Waals surface area (Å²) in [7, 11) is 0. The van der Waals surface area contributed by atoms with Gasteiger partial charge >= 0.3 is 0 Å². The van der Waals surface area contributed by atoms with E-state index in [1.807, 2.05) is 4.90 Å². The van der Waals surface area contributed by atoms with E-state index < -0.39 is 0 Å². The van der Waals surface area contributed by atoms with Crippen LogP contribution >= 0.6 is 11.6 Å². The Labute approximate surface area is 122 Å². The largest absolute Gasteiger partial charge is 0.507 e. The van der Waals surface area contributed by atoms with Crippen LogP contribution in [0.1, 0.15) is 29.3 Å². The maximum atomic E-state index is 11.5. The molecule has 1 amide bonds. The molecule has 20 heavy (non-hydrogen) atoms. The Balaban J connectivity index is 2.24. The number of aromatic hydroxyl groups is 1. The predicted molar refractivity (Wildman–Crippen MR) is 76.0 cm³/mol. The Bertz CT molecular complexity index is 545. The smallest absolute Gasteiger partial charge is 0.234 e. The van der Waals surface area contributed by atoms with E-state index in [1.165, 1.54) is 13.0 Å². The average Bonchev–Trinajstić information content (AvgIpc) is 2.57. The fraction of sp³-hybridized carbons (Fsp3) is 0.429. The van der Waals surface area contributed by atoms with E-state index >= 15 is 0 Å². The van der Waals surface area contributed by atoms with Crippen molar-refractivity contribution >= 4 is 23.3 Å². The summed E-state index contributed by atoms with van der Waals surface area (Å²) in [5.41, 5.74) is 0.782. The average molecular weight is 297 g/mol. The highest BCUT2D eigenvalue weighted by Gasteiger charge is 2.18. The van der Waals surface area contributed by atoms with E-state index in [-0.39, 0.29) is 29.5 Å². The summed E-state index contributed by atoms with van der Waals surface area (Å²) in [6, 6.07) is 3.09. The molecular weight excluding hydrogens is 280 g/mol. The van der Waals surface area contributed by atoms with Crippen molar-refractivity contribution in [2.24, 2.45) is 0 Å². The van der Waals surface area contributed by atoms with Crippen LogP contribution in [0.5, 0.6) is 5.75 Å². The van der Waals surface area contributed by atoms with Gasteiger partial charge < -0.3 is 10.4 Å². The van der Waals surface area contributed by atoms with Gasteiger partial charge in [-0.1, -0.05) is 11.6 Å². The van der Waals surface area contributed by atoms with Crippen molar-refractivity contribution in [2.45, 2.75) is 19.9 Å². The maximum Gasteiger partial charge on any atom is 0.234 e. The predicted octanol–water partition coefficient (Wildman–Crippen LogP) is 1.57. The number of rotatable bonds is 3. The number of benzene rings is 1. The third-order valence-corrected chi connectivity index (χ3v) is 3.49. The summed E-state index contributed by atoms with van der Waals surface area (Å²) in [4.78, 5) is 24.9. The first-order chi connectivity index (χ1) is 9.47. The van der Waals surface area contributed by atoms with Crippen LogP contribution in [0.15, 0.2) is 12.1 Å². The third kappa shape index (κ3) is 3.49. The van der Waals surface area contributed by atoms with Crippen LogP contribution in [0.3, 0.4) is 0 Å². The van der Waals surface area contributed by atoms with Gasteiger partial charge in [0.1, 0.15) is 5.75 Å². The lowest BCUT2D eigenvalue weighted by Gasteiger charge is -2.20. The Morgan fingerprint density at radius 1 is 1.50 bits per heavy atom. The van der Waals surface area contributed by atoms with Crippen LogP contribution in [0.25, 0.3) is 0 Å². The number of hydrogen-bond acceptors (Lipinski definition) is 4. The number of amides is 1. The van der Waals surface area contributed by atoms with Crippen LogP contribution < -0.4 is 5.32 Å². The number of hydrogen-bond donors (Lipinski definition) is 2. The molecule has 0 spiro atoms. The number of nitrogens with one attached hydrogen (secondary N) is 1. The minimum absolute atomic E-state index is 0.0317. The molecule has 6 heteroatoms. The van der Waals surface area contributed by atoms with Crippen LogP contribution in [0.4, 0.5) is 0 Å². The van der Waals surface area contributed by atoms with Crippen LogP contribution in [-0.4, -0.2) is 41.3 Å². The van der Waals surface area contributed by atoms with E-state index in [4.69, 9.17) is 11.6 Å². The van der Waals surface area contributed by atoms with Crippen molar-refractivity contribution < 1.29 is 14.7 Å². The molecular formula is C14H17ClN2O3. The van der Waals surface area contributed by atoms with Crippen LogP contribution in [-0.2, 0) is 11.3 Å². The molecule has 1 fully saturated rings. The third-order valence-electron chi connectivity index (χ3n) is 3.27. The van der Waals surface area contributed by atoms with Gasteiger partial charge in [-0.2, -0.15) is 0 Å². The van der Waals surface area contributed by atoms with Gasteiger partial charge in [-0.15, -0.1) is 0 Å². The van der Waals surface area contributed by atoms with Crippen molar-refractivity contribution in [3.05, 3.63) is 28.3 Å². The first kappa shape index (κ1) is 14.8. The van der Waals surface area contributed by atoms with E-state index in [0.717, 1.165) is 13.0 Å². The normalized spacial score (nSPS) is 16.6. The molecule has 0 unspecified atom stereocenters. The standard InChI is InChI=1S/C14H17ClN2O3/c1-9(18)12-6-11(15)5-10(14(12)20)7-17-4-2-3-16-13(19)8-17/h5-6,20H,2-4,7-8H2,1H3,(H,16,19). The molecule has 108 valence electrons. The summed E-state index contributed by atoms with van der Waals surface area (Å²) >= 11 is 5.98. The van der Waals surface area contributed by atoms with Gasteiger partial charge in [0.25, 0.3) is 0 Å². The maximum absolute atomic E-state index is 11.5. The van der Waals surface area contributed by atoms with Crippen molar-refractivity contribution in [1.29, 1.82) is 0 Å². The van der Waals surface area contributed by atoms with Gasteiger partial charge in [0.2, 0.25) is 5.91 Å². The molecule has 0 aliphatic carbocycles. The second kappa shape index (κ2) is 6.24. The van der Waals surface area contributed by atoms with Crippen molar-refractivity contribution in [3.63, 3.8) is 0 Å². The fourth-order valence-corrected chi connectivity index (χ4v) is 2.53. The monoisotopic (exact) mass is 296 g/mol. The second-order valence-electron chi connectivity index (χ2n) is 4.93. The van der Waals surface area contributed by atoms with Gasteiger partial charge in [-0.3, -0.25) is 14.5 Å². The van der Waals surface area contributed by atoms with E-state index in [9.17, 15) is 14.7 Å². The molecule has 1 aromatic carbocycles. The van der Waals surface area contributed by atoms with E-state index in [0.29, 0.717) is 23.7 Å². The van der Waals surface area contributed by atoms with Crippen molar-refractivity contribution in [1.82, 2.24) is 10.2 Å². The van der Waals surface area contributed by atoms with Crippen LogP contribution in [0, 0.1) is 0 Å². The van der Waals surface area contributed by atoms with E-state index in [2.05, 4.69) is 5.32 Å². The molecule has 5 nitrogen and oxygen atoms in total. The number of nitrogens with zero attached hydrogens (tertiary/aromatic N) is 1. The zero-order valence-electron chi connectivity index (χ0n) is 11.3. The highest BCUT2D eigenvalue weighted by molar-refractivity contribution is 6.31. The minimum Gasteiger partial charge on any atom is -0.507 e. The Hall–Kier alpha value is -1.59. The summed E-state index contributed by atoms with van der Waals surface area (Å²) in [6.07, 6.45) is 0.854. The number of phenols is 1. The molecule has 1 saturated heterocycles. The number of ketones is 1. The number of carbonyl (C=O) groups excluding carboxylic acids is 2. The summed E-state index contributed by atoms with van der Waals surface area (Å²) < 4.78 is 0. The zero-order chi connectivity index (χ0) is 14.7. The molecule has 0 atom stereocenters. The van der Waals surface area contributed by atoms with Gasteiger partial charge in [0.15, 0.2) is 5.78 Å². The zero-order valence-corrected chi connectivity index (χ0v) is 12.0. The van der Waals surface area contributed by atoms with Gasteiger partial charge in [-0.25, -0.2) is 0 Å². The molecule has 1 aliphatic rings. The summed E-state index contributed by atoms with van der Waals surface area (Å²) in [5, 5.41) is 13.3. The topological polar surface area (TPSA) is 69.6 Å². The molecule has 0 aromatic heterocycles. The number of carbonyl (C=O) groups is 2. The summed E-state index contributed by atoms with van der Waals surface area (Å²) in [5.74, 6) is -0.317.